The van der Waals surface area contributed by atoms with Crippen LogP contribution in [-0.4, -0.2) is 15.0 Å². The van der Waals surface area contributed by atoms with Crippen molar-refractivity contribution < 1.29 is 0 Å². The zero-order chi connectivity index (χ0) is 9.03. The molecule has 1 atom stereocenters. The molecule has 1 rings (SSSR count). The highest BCUT2D eigenvalue weighted by atomic mass is 32.2. The van der Waals surface area contributed by atoms with Gasteiger partial charge in [0.05, 0.1) is 15.0 Å². The number of hydrogen-bond acceptors (Lipinski definition) is 3. The standard InChI is InChI=1S/C9H17NS2/c1-4-8-10-7-11-9(5-2,6-3)12-8/h7-8H,4-6H2,1-3H3. The van der Waals surface area contributed by atoms with E-state index in [1.165, 1.54) is 12.8 Å². The third kappa shape index (κ3) is 2.19. The molecule has 3 heteroatoms. The molecular formula is C9H17NS2. The highest BCUT2D eigenvalue weighted by Gasteiger charge is 2.32. The van der Waals surface area contributed by atoms with Crippen LogP contribution in [0.1, 0.15) is 40.0 Å². The molecule has 0 N–H and O–H groups in total. The van der Waals surface area contributed by atoms with Crippen LogP contribution in [0.3, 0.4) is 0 Å². The second-order valence-corrected chi connectivity index (χ2v) is 6.02. The van der Waals surface area contributed by atoms with Crippen molar-refractivity contribution in [3.8, 4) is 0 Å². The van der Waals surface area contributed by atoms with Gasteiger partial charge in [-0.3, -0.25) is 4.99 Å². The van der Waals surface area contributed by atoms with E-state index in [1.807, 2.05) is 23.5 Å². The molecule has 0 aromatic heterocycles. The molecule has 1 heterocycles. The molecular weight excluding hydrogens is 186 g/mol. The summed E-state index contributed by atoms with van der Waals surface area (Å²) >= 11 is 3.95. The molecule has 0 saturated heterocycles. The summed E-state index contributed by atoms with van der Waals surface area (Å²) in [7, 11) is 0. The normalized spacial score (nSPS) is 27.4. The number of rotatable bonds is 3. The van der Waals surface area contributed by atoms with Crippen LogP contribution in [0.4, 0.5) is 0 Å². The molecule has 0 aromatic rings. The van der Waals surface area contributed by atoms with Crippen molar-refractivity contribution >= 4 is 29.1 Å². The van der Waals surface area contributed by atoms with Gasteiger partial charge in [0.25, 0.3) is 0 Å². The zero-order valence-electron chi connectivity index (χ0n) is 8.04. The highest BCUT2D eigenvalue weighted by molar-refractivity contribution is 8.25. The largest absolute Gasteiger partial charge is 0.272 e. The van der Waals surface area contributed by atoms with Gasteiger partial charge in [-0.1, -0.05) is 32.5 Å². The van der Waals surface area contributed by atoms with E-state index >= 15 is 0 Å². The van der Waals surface area contributed by atoms with Gasteiger partial charge in [-0.2, -0.15) is 0 Å². The van der Waals surface area contributed by atoms with Crippen LogP contribution in [0, 0.1) is 0 Å². The van der Waals surface area contributed by atoms with Crippen LogP contribution in [0.15, 0.2) is 4.99 Å². The smallest absolute Gasteiger partial charge is 0.0968 e. The van der Waals surface area contributed by atoms with Crippen molar-refractivity contribution in [2.75, 3.05) is 0 Å². The first-order valence-electron chi connectivity index (χ1n) is 4.63. The van der Waals surface area contributed by atoms with E-state index in [9.17, 15) is 0 Å². The first-order valence-corrected chi connectivity index (χ1v) is 6.39. The van der Waals surface area contributed by atoms with E-state index in [2.05, 4.69) is 31.3 Å². The minimum absolute atomic E-state index is 0.419. The summed E-state index contributed by atoms with van der Waals surface area (Å²) in [4.78, 5) is 4.44. The minimum atomic E-state index is 0.419. The Morgan fingerprint density at radius 3 is 2.50 bits per heavy atom. The summed E-state index contributed by atoms with van der Waals surface area (Å²) in [6.45, 7) is 6.76. The van der Waals surface area contributed by atoms with Crippen molar-refractivity contribution in [2.45, 2.75) is 49.5 Å². The summed E-state index contributed by atoms with van der Waals surface area (Å²) in [5.41, 5.74) is 2.05. The number of thioether (sulfide) groups is 2. The van der Waals surface area contributed by atoms with Crippen molar-refractivity contribution in [3.05, 3.63) is 0 Å². The van der Waals surface area contributed by atoms with Crippen molar-refractivity contribution in [1.29, 1.82) is 0 Å². The Morgan fingerprint density at radius 2 is 2.00 bits per heavy atom. The van der Waals surface area contributed by atoms with E-state index in [-0.39, 0.29) is 0 Å². The molecule has 0 spiro atoms. The zero-order valence-corrected chi connectivity index (χ0v) is 9.67. The van der Waals surface area contributed by atoms with Crippen molar-refractivity contribution in [1.82, 2.24) is 0 Å². The monoisotopic (exact) mass is 203 g/mol. The first-order chi connectivity index (χ1) is 5.76. The van der Waals surface area contributed by atoms with Crippen LogP contribution >= 0.6 is 23.5 Å². The molecule has 1 unspecified atom stereocenters. The van der Waals surface area contributed by atoms with Crippen molar-refractivity contribution in [2.24, 2.45) is 4.99 Å². The Morgan fingerprint density at radius 1 is 1.33 bits per heavy atom. The summed E-state index contributed by atoms with van der Waals surface area (Å²) in [5, 5.41) is 0.506. The average molecular weight is 203 g/mol. The fourth-order valence-corrected chi connectivity index (χ4v) is 3.88. The summed E-state index contributed by atoms with van der Waals surface area (Å²) in [6.07, 6.45) is 3.63. The fourth-order valence-electron chi connectivity index (χ4n) is 1.27. The topological polar surface area (TPSA) is 12.4 Å². The Kier molecular flexibility index (Phi) is 3.97. The molecule has 0 radical (unpaired) electrons. The second kappa shape index (κ2) is 4.56. The summed E-state index contributed by atoms with van der Waals surface area (Å²) < 4.78 is 0.419. The number of aliphatic imine (C=N–C) groups is 1. The number of hydrogen-bond donors (Lipinski definition) is 0. The highest BCUT2D eigenvalue weighted by Crippen LogP contribution is 2.47. The molecule has 0 bridgehead atoms. The van der Waals surface area contributed by atoms with E-state index in [0.717, 1.165) is 6.42 Å². The van der Waals surface area contributed by atoms with Gasteiger partial charge in [-0.15, -0.1) is 11.8 Å². The minimum Gasteiger partial charge on any atom is -0.272 e. The molecule has 0 fully saturated rings. The van der Waals surface area contributed by atoms with E-state index in [4.69, 9.17) is 0 Å². The van der Waals surface area contributed by atoms with Gasteiger partial charge in [0.2, 0.25) is 0 Å². The molecule has 0 aromatic carbocycles. The average Bonchev–Trinajstić information content (AvgIpc) is 2.18. The third-order valence-corrected chi connectivity index (χ3v) is 5.82. The maximum Gasteiger partial charge on any atom is 0.0968 e. The molecule has 1 nitrogen and oxygen atoms in total. The van der Waals surface area contributed by atoms with Gasteiger partial charge in [-0.25, -0.2) is 0 Å². The van der Waals surface area contributed by atoms with Crippen LogP contribution in [0.5, 0.6) is 0 Å². The number of nitrogens with zero attached hydrogens (tertiary/aromatic N) is 1. The first kappa shape index (κ1) is 10.5. The van der Waals surface area contributed by atoms with Gasteiger partial charge in [0.1, 0.15) is 0 Å². The molecule has 1 aliphatic rings. The Hall–Kier alpha value is 0.370. The lowest BCUT2D eigenvalue weighted by Crippen LogP contribution is -2.24. The lowest BCUT2D eigenvalue weighted by Gasteiger charge is -2.34. The molecule has 1 aliphatic heterocycles. The van der Waals surface area contributed by atoms with Crippen molar-refractivity contribution in [3.63, 3.8) is 0 Å². The predicted octanol–water partition coefficient (Wildman–Crippen LogP) is 3.75. The molecule has 0 saturated carbocycles. The third-order valence-electron chi connectivity index (χ3n) is 2.27. The molecule has 70 valence electrons. The summed E-state index contributed by atoms with van der Waals surface area (Å²) in [5.74, 6) is 0. The Bertz CT molecular complexity index is 164. The van der Waals surface area contributed by atoms with Gasteiger partial charge < -0.3 is 0 Å². The summed E-state index contributed by atoms with van der Waals surface area (Å²) in [6, 6.07) is 0. The molecule has 0 amide bonds. The Balaban J connectivity index is 2.63. The van der Waals surface area contributed by atoms with Crippen LogP contribution < -0.4 is 0 Å². The van der Waals surface area contributed by atoms with E-state index < -0.39 is 0 Å². The lowest BCUT2D eigenvalue weighted by atomic mass is 10.2. The van der Waals surface area contributed by atoms with E-state index in [0.29, 0.717) is 9.45 Å². The SMILES string of the molecule is CCC1N=CSC(CC)(CC)S1. The maximum absolute atomic E-state index is 4.44. The van der Waals surface area contributed by atoms with Gasteiger partial charge >= 0.3 is 0 Å². The predicted molar refractivity (Wildman–Crippen MR) is 61.1 cm³/mol. The molecule has 0 aliphatic carbocycles. The van der Waals surface area contributed by atoms with Gasteiger partial charge in [-0.05, 0) is 19.3 Å². The molecule has 12 heavy (non-hydrogen) atoms. The van der Waals surface area contributed by atoms with Crippen LogP contribution in [-0.2, 0) is 0 Å². The second-order valence-electron chi connectivity index (χ2n) is 2.97. The quantitative estimate of drug-likeness (QED) is 0.692. The van der Waals surface area contributed by atoms with Crippen LogP contribution in [0.25, 0.3) is 0 Å². The Labute approximate surface area is 83.8 Å². The maximum atomic E-state index is 4.44. The van der Waals surface area contributed by atoms with Crippen LogP contribution in [0.2, 0.25) is 0 Å². The van der Waals surface area contributed by atoms with Gasteiger partial charge in [0.15, 0.2) is 0 Å². The van der Waals surface area contributed by atoms with E-state index in [1.54, 1.807) is 0 Å². The lowest BCUT2D eigenvalue weighted by molar-refractivity contribution is 0.726. The fraction of sp³-hybridized carbons (Fsp3) is 0.889. The van der Waals surface area contributed by atoms with Gasteiger partial charge in [0, 0.05) is 0 Å².